The molecule has 1 spiro atoms. The van der Waals surface area contributed by atoms with Crippen molar-refractivity contribution in [2.45, 2.75) is 5.41 Å². The van der Waals surface area contributed by atoms with Gasteiger partial charge in [0.15, 0.2) is 5.75 Å². The van der Waals surface area contributed by atoms with Gasteiger partial charge in [-0.05, 0) is 159 Å². The highest BCUT2D eigenvalue weighted by atomic mass is 35.5. The molecule has 0 N–H and O–H groups in total. The molecule has 1 aliphatic heterocycles. The largest absolute Gasteiger partial charge is 0.456 e. The summed E-state index contributed by atoms with van der Waals surface area (Å²) in [6.07, 6.45) is 0. The lowest BCUT2D eigenvalue weighted by Gasteiger charge is -2.41. The van der Waals surface area contributed by atoms with Gasteiger partial charge in [0, 0.05) is 92.2 Å². The van der Waals surface area contributed by atoms with Gasteiger partial charge in [-0.2, -0.15) is 0 Å². The highest BCUT2D eigenvalue weighted by Gasteiger charge is 2.52. The van der Waals surface area contributed by atoms with Gasteiger partial charge < -0.3 is 23.4 Å². The van der Waals surface area contributed by atoms with Crippen molar-refractivity contribution in [3.63, 3.8) is 0 Å². The van der Waals surface area contributed by atoms with Crippen LogP contribution in [0.1, 0.15) is 22.3 Å². The molecule has 0 amide bonds. The van der Waals surface area contributed by atoms with Crippen LogP contribution in [0.2, 0.25) is 5.02 Å². The number of anilines is 6. The van der Waals surface area contributed by atoms with E-state index < -0.39 is 5.41 Å². The van der Waals surface area contributed by atoms with E-state index in [-0.39, 0.29) is 0 Å². The SMILES string of the molecule is Clc1ccc2c(c1)C1(c3ccccc3Oc3c(N(c4cc(-c5ccccc5)c5c(c4)oc4ccccc45)c4ccc5sc6ccccc6c5c4)cccc31)c1cc(N(c3ccccc3)c3cc(-c4ccc5ccccc5c4)c4oc5ccccc5c4c3)ccc1-2. The van der Waals surface area contributed by atoms with Crippen LogP contribution in [-0.2, 0) is 5.41 Å². The number of benzene rings is 14. The zero-order valence-corrected chi connectivity index (χ0v) is 49.8. The van der Waals surface area contributed by atoms with E-state index in [1.54, 1.807) is 0 Å². The number of hydrogen-bond acceptors (Lipinski definition) is 6. The molecule has 2 aliphatic rings. The van der Waals surface area contributed by atoms with Crippen molar-refractivity contribution in [3.05, 3.63) is 325 Å². The Kier molecular flexibility index (Phi) is 11.1. The van der Waals surface area contributed by atoms with Gasteiger partial charge in [-0.1, -0.05) is 194 Å². The number of thiophene rings is 1. The molecule has 19 rings (SSSR count). The maximum absolute atomic E-state index is 7.62. The molecule has 0 saturated heterocycles. The van der Waals surface area contributed by atoms with Gasteiger partial charge in [-0.25, -0.2) is 0 Å². The summed E-state index contributed by atoms with van der Waals surface area (Å²) in [5.41, 5.74) is 18.8. The Balaban J connectivity index is 0.877. The molecule has 7 heteroatoms. The van der Waals surface area contributed by atoms with E-state index in [1.807, 2.05) is 29.5 Å². The second kappa shape index (κ2) is 19.7. The normalized spacial score (nSPS) is 14.0. The van der Waals surface area contributed by atoms with E-state index in [2.05, 4.69) is 289 Å². The Hall–Kier alpha value is -11.2. The molecule has 4 heterocycles. The smallest absolute Gasteiger partial charge is 0.156 e. The van der Waals surface area contributed by atoms with E-state index in [0.29, 0.717) is 5.02 Å². The van der Waals surface area contributed by atoms with E-state index >= 15 is 0 Å². The van der Waals surface area contributed by atoms with Crippen molar-refractivity contribution in [3.8, 4) is 44.9 Å². The maximum atomic E-state index is 7.62. The van der Waals surface area contributed by atoms with Gasteiger partial charge in [0.05, 0.1) is 16.8 Å². The lowest BCUT2D eigenvalue weighted by Crippen LogP contribution is -2.33. The van der Waals surface area contributed by atoms with Crippen LogP contribution in [0, 0.1) is 0 Å². The Bertz CT molecular complexity index is 5830. The van der Waals surface area contributed by atoms with Crippen LogP contribution >= 0.6 is 22.9 Å². The van der Waals surface area contributed by atoms with Crippen LogP contribution in [0.25, 0.3) is 108 Å². The number of furan rings is 2. The first-order valence-corrected chi connectivity index (χ1v) is 31.6. The minimum atomic E-state index is -0.938. The Labute approximate surface area is 526 Å². The van der Waals surface area contributed by atoms with Crippen LogP contribution in [-0.4, -0.2) is 0 Å². The van der Waals surface area contributed by atoms with Gasteiger partial charge in [-0.15, -0.1) is 11.3 Å². The lowest BCUT2D eigenvalue weighted by molar-refractivity contribution is 0.437. The Morgan fingerprint density at radius 3 is 1.84 bits per heavy atom. The van der Waals surface area contributed by atoms with Gasteiger partial charge >= 0.3 is 0 Å². The summed E-state index contributed by atoms with van der Waals surface area (Å²) >= 11 is 9.16. The predicted molar refractivity (Wildman–Crippen MR) is 374 cm³/mol. The number of hydrogen-bond donors (Lipinski definition) is 0. The van der Waals surface area contributed by atoms with E-state index in [0.717, 1.165) is 151 Å². The van der Waals surface area contributed by atoms with Gasteiger partial charge in [-0.3, -0.25) is 0 Å². The fraction of sp³-hybridized carbons (Fsp3) is 0.0120. The molecular weight excluding hydrogens is 1140 g/mol. The second-order valence-corrected chi connectivity index (χ2v) is 25.1. The molecule has 17 aromatic rings. The third kappa shape index (κ3) is 7.56. The Morgan fingerprint density at radius 2 is 0.978 bits per heavy atom. The maximum Gasteiger partial charge on any atom is 0.156 e. The molecule has 1 unspecified atom stereocenters. The lowest BCUT2D eigenvalue weighted by atomic mass is 9.66. The molecule has 422 valence electrons. The number of rotatable bonds is 8. The van der Waals surface area contributed by atoms with E-state index in [4.69, 9.17) is 25.2 Å². The summed E-state index contributed by atoms with van der Waals surface area (Å²) in [5.74, 6) is 1.50. The molecule has 1 atom stereocenters. The monoisotopic (exact) mass is 1190 g/mol. The first kappa shape index (κ1) is 50.9. The third-order valence-electron chi connectivity index (χ3n) is 18.7. The van der Waals surface area contributed by atoms with Gasteiger partial charge in [0.1, 0.15) is 28.1 Å². The number of fused-ring (bicyclic) bond motifs is 19. The number of ether oxygens (including phenoxy) is 1. The summed E-state index contributed by atoms with van der Waals surface area (Å²) in [5, 5.41) is 9.64. The van der Waals surface area contributed by atoms with Crippen molar-refractivity contribution in [2.24, 2.45) is 0 Å². The van der Waals surface area contributed by atoms with Crippen LogP contribution in [0.5, 0.6) is 11.5 Å². The van der Waals surface area contributed by atoms with Gasteiger partial charge in [0.25, 0.3) is 0 Å². The van der Waals surface area contributed by atoms with Crippen LogP contribution in [0.15, 0.2) is 306 Å². The number of para-hydroxylation sites is 5. The second-order valence-electron chi connectivity index (χ2n) is 23.6. The quantitative estimate of drug-likeness (QED) is 0.152. The van der Waals surface area contributed by atoms with E-state index in [1.165, 1.54) is 25.6 Å². The van der Waals surface area contributed by atoms with Crippen LogP contribution < -0.4 is 14.5 Å². The molecule has 5 nitrogen and oxygen atoms in total. The molecule has 90 heavy (non-hydrogen) atoms. The summed E-state index contributed by atoms with van der Waals surface area (Å²) in [7, 11) is 0. The summed E-state index contributed by atoms with van der Waals surface area (Å²) in [6, 6.07) is 107. The average molecular weight is 1190 g/mol. The first-order chi connectivity index (χ1) is 44.5. The molecule has 3 aromatic heterocycles. The standard InChI is InChI=1S/C83H49ClN2O3S/c84-54-36-39-60-61-40-37-57(85(55-22-5-2-6-23-55)58-46-66(53-35-34-50-18-7-8-21-52(50)42-53)81-68(47-58)62-24-9-13-30-74(62)88-81)48-72(61)83(71(60)43-54)69-27-12-15-32-76(69)89-82-70(83)28-17-29-73(82)86(56-38-41-79-67(44-56)63-25-11-16-33-78(63)90-79)59-45-65(51-19-3-1-4-20-51)80-64-26-10-14-31-75(64)87-77(80)49-59/h1-49H. The summed E-state index contributed by atoms with van der Waals surface area (Å²) in [4.78, 5) is 4.79. The fourth-order valence-corrected chi connectivity index (χ4v) is 16.1. The van der Waals surface area contributed by atoms with Gasteiger partial charge in [0.2, 0.25) is 0 Å². The molecular formula is C83H49ClN2O3S. The van der Waals surface area contributed by atoms with E-state index in [9.17, 15) is 0 Å². The van der Waals surface area contributed by atoms with Crippen molar-refractivity contribution >= 4 is 132 Å². The van der Waals surface area contributed by atoms with Crippen molar-refractivity contribution < 1.29 is 13.6 Å². The average Bonchev–Trinajstić information content (AvgIpc) is 1.45. The number of halogens is 1. The fourth-order valence-electron chi connectivity index (χ4n) is 14.9. The predicted octanol–water partition coefficient (Wildman–Crippen LogP) is 24.4. The summed E-state index contributed by atoms with van der Waals surface area (Å²) in [6.45, 7) is 0. The highest BCUT2D eigenvalue weighted by molar-refractivity contribution is 7.25. The van der Waals surface area contributed by atoms with Crippen molar-refractivity contribution in [1.82, 2.24) is 0 Å². The van der Waals surface area contributed by atoms with Crippen molar-refractivity contribution in [2.75, 3.05) is 9.80 Å². The minimum absolute atomic E-state index is 0.654. The molecule has 14 aromatic carbocycles. The van der Waals surface area contributed by atoms with Crippen molar-refractivity contribution in [1.29, 1.82) is 0 Å². The third-order valence-corrected chi connectivity index (χ3v) is 20.1. The topological polar surface area (TPSA) is 42.0 Å². The van der Waals surface area contributed by atoms with Crippen LogP contribution in [0.4, 0.5) is 34.1 Å². The molecule has 0 radical (unpaired) electrons. The van der Waals surface area contributed by atoms with Crippen LogP contribution in [0.3, 0.4) is 0 Å². The zero-order valence-electron chi connectivity index (χ0n) is 48.2. The first-order valence-electron chi connectivity index (χ1n) is 30.4. The molecule has 0 fully saturated rings. The Morgan fingerprint density at radius 1 is 0.333 bits per heavy atom. The molecule has 1 aliphatic carbocycles. The number of nitrogens with zero attached hydrogens (tertiary/aromatic N) is 2. The zero-order chi connectivity index (χ0) is 59.2. The summed E-state index contributed by atoms with van der Waals surface area (Å²) < 4.78 is 23.9. The molecule has 0 bridgehead atoms. The highest BCUT2D eigenvalue weighted by Crippen LogP contribution is 2.65. The minimum Gasteiger partial charge on any atom is -0.456 e. The molecule has 0 saturated carbocycles.